The fourth-order valence-electron chi connectivity index (χ4n) is 5.68. The molecule has 34 heavy (non-hydrogen) atoms. The van der Waals surface area contributed by atoms with Crippen LogP contribution in [0.4, 0.5) is 5.69 Å². The van der Waals surface area contributed by atoms with Gasteiger partial charge in [0, 0.05) is 57.8 Å². The van der Waals surface area contributed by atoms with E-state index >= 15 is 0 Å². The largest absolute Gasteiger partial charge is 0.489 e. The van der Waals surface area contributed by atoms with Crippen LogP contribution >= 0.6 is 12.4 Å². The number of nitrogens with one attached hydrogen (secondary N) is 2. The van der Waals surface area contributed by atoms with Crippen molar-refractivity contribution >= 4 is 35.8 Å². The van der Waals surface area contributed by atoms with Crippen LogP contribution in [0.25, 0.3) is 0 Å². The Morgan fingerprint density at radius 2 is 2.00 bits per heavy atom. The molecule has 1 aromatic rings. The van der Waals surface area contributed by atoms with Crippen LogP contribution in [0.2, 0.25) is 0 Å². The summed E-state index contributed by atoms with van der Waals surface area (Å²) in [5.41, 5.74) is 2.53. The van der Waals surface area contributed by atoms with Gasteiger partial charge in [-0.1, -0.05) is 0 Å². The van der Waals surface area contributed by atoms with Crippen molar-refractivity contribution in [2.75, 3.05) is 57.4 Å². The summed E-state index contributed by atoms with van der Waals surface area (Å²) in [5, 5.41) is 5.75. The number of imide groups is 1. The summed E-state index contributed by atoms with van der Waals surface area (Å²) in [7, 11) is 0. The van der Waals surface area contributed by atoms with Crippen molar-refractivity contribution in [3.05, 3.63) is 23.3 Å². The molecule has 184 valence electrons. The van der Waals surface area contributed by atoms with E-state index < -0.39 is 6.04 Å². The Morgan fingerprint density at radius 1 is 1.12 bits per heavy atom. The lowest BCUT2D eigenvalue weighted by atomic mass is 10.0. The van der Waals surface area contributed by atoms with E-state index in [0.717, 1.165) is 62.9 Å². The zero-order valence-electron chi connectivity index (χ0n) is 19.0. The standard InChI is InChI=1S/C23H29N5O5.ClH/c29-21-2-1-18(22(30)25-21)28-10-14-7-19-20(8-17(14)23(28)31)33-13-15-11-26(4-5-27(15)19)12-16-9-24-3-6-32-16;/h7-8,15-16,18,24H,1-6,9-13H2,(H,25,29,30);1H/t15-,16-,18?;/m0./s1. The van der Waals surface area contributed by atoms with Gasteiger partial charge in [-0.2, -0.15) is 0 Å². The minimum Gasteiger partial charge on any atom is -0.489 e. The number of carbonyl (C=O) groups is 3. The highest BCUT2D eigenvalue weighted by Gasteiger charge is 2.41. The van der Waals surface area contributed by atoms with Crippen molar-refractivity contribution in [3.8, 4) is 5.75 Å². The summed E-state index contributed by atoms with van der Waals surface area (Å²) in [6.45, 7) is 7.23. The number of benzene rings is 1. The quantitative estimate of drug-likeness (QED) is 0.558. The molecule has 3 saturated heterocycles. The first-order valence-electron chi connectivity index (χ1n) is 11.8. The predicted octanol–water partition coefficient (Wildman–Crippen LogP) is -0.259. The Bertz CT molecular complexity index is 1000. The van der Waals surface area contributed by atoms with Gasteiger partial charge in [-0.25, -0.2) is 0 Å². The van der Waals surface area contributed by atoms with E-state index in [1.807, 2.05) is 6.07 Å². The van der Waals surface area contributed by atoms with E-state index in [2.05, 4.69) is 26.5 Å². The summed E-state index contributed by atoms with van der Waals surface area (Å²) >= 11 is 0. The predicted molar refractivity (Wildman–Crippen MR) is 125 cm³/mol. The molecule has 5 heterocycles. The maximum absolute atomic E-state index is 13.1. The first-order chi connectivity index (χ1) is 16.1. The number of ether oxygens (including phenoxy) is 2. The second-order valence-corrected chi connectivity index (χ2v) is 9.49. The van der Waals surface area contributed by atoms with Crippen molar-refractivity contribution in [2.45, 2.75) is 37.6 Å². The summed E-state index contributed by atoms with van der Waals surface area (Å²) in [4.78, 5) is 43.4. The molecule has 0 aromatic heterocycles. The van der Waals surface area contributed by atoms with Gasteiger partial charge in [0.25, 0.3) is 5.91 Å². The molecule has 3 atom stereocenters. The van der Waals surface area contributed by atoms with E-state index in [1.54, 1.807) is 4.90 Å². The minimum atomic E-state index is -0.603. The van der Waals surface area contributed by atoms with Gasteiger partial charge >= 0.3 is 0 Å². The first-order valence-corrected chi connectivity index (χ1v) is 11.8. The van der Waals surface area contributed by atoms with Crippen molar-refractivity contribution in [3.63, 3.8) is 0 Å². The average Bonchev–Trinajstić information content (AvgIpc) is 3.13. The normalized spacial score (nSPS) is 28.9. The molecule has 1 aromatic carbocycles. The van der Waals surface area contributed by atoms with Crippen molar-refractivity contribution in [1.29, 1.82) is 0 Å². The highest BCUT2D eigenvalue weighted by atomic mass is 35.5. The van der Waals surface area contributed by atoms with Crippen LogP contribution < -0.4 is 20.3 Å². The Balaban J connectivity index is 0.00000241. The van der Waals surface area contributed by atoms with Crippen LogP contribution in [0.15, 0.2) is 12.1 Å². The number of anilines is 1. The van der Waals surface area contributed by atoms with Gasteiger partial charge in [-0.3, -0.25) is 24.6 Å². The lowest BCUT2D eigenvalue weighted by Crippen LogP contribution is -2.59. The molecule has 6 rings (SSSR count). The minimum absolute atomic E-state index is 0. The van der Waals surface area contributed by atoms with E-state index in [1.165, 1.54) is 0 Å². The number of amides is 3. The fourth-order valence-corrected chi connectivity index (χ4v) is 5.68. The van der Waals surface area contributed by atoms with Gasteiger partial charge < -0.3 is 24.6 Å². The summed E-state index contributed by atoms with van der Waals surface area (Å²) < 4.78 is 12.0. The molecule has 0 saturated carbocycles. The van der Waals surface area contributed by atoms with Crippen LogP contribution in [0, 0.1) is 0 Å². The number of hydrogen-bond donors (Lipinski definition) is 2. The third-order valence-corrected chi connectivity index (χ3v) is 7.38. The van der Waals surface area contributed by atoms with Crippen LogP contribution in [-0.4, -0.2) is 98.2 Å². The first kappa shape index (κ1) is 23.3. The number of halogens is 1. The molecule has 10 nitrogen and oxygen atoms in total. The van der Waals surface area contributed by atoms with Crippen LogP contribution in [0.5, 0.6) is 5.75 Å². The van der Waals surface area contributed by atoms with Crippen LogP contribution in [0.1, 0.15) is 28.8 Å². The Morgan fingerprint density at radius 3 is 2.79 bits per heavy atom. The smallest absolute Gasteiger partial charge is 0.255 e. The van der Waals surface area contributed by atoms with Gasteiger partial charge in [-0.15, -0.1) is 12.4 Å². The molecule has 5 aliphatic heterocycles. The lowest BCUT2D eigenvalue weighted by Gasteiger charge is -2.46. The van der Waals surface area contributed by atoms with E-state index in [4.69, 9.17) is 9.47 Å². The molecular formula is C23H30ClN5O5. The molecule has 0 aliphatic carbocycles. The maximum atomic E-state index is 13.1. The number of nitrogens with zero attached hydrogens (tertiary/aromatic N) is 3. The molecule has 11 heteroatoms. The molecule has 2 N–H and O–H groups in total. The van der Waals surface area contributed by atoms with Crippen molar-refractivity contribution < 1.29 is 23.9 Å². The zero-order valence-corrected chi connectivity index (χ0v) is 19.8. The lowest BCUT2D eigenvalue weighted by molar-refractivity contribution is -0.136. The fraction of sp³-hybridized carbons (Fsp3) is 0.609. The second kappa shape index (κ2) is 9.33. The van der Waals surface area contributed by atoms with Gasteiger partial charge in [0.05, 0.1) is 24.4 Å². The number of hydrogen-bond acceptors (Lipinski definition) is 8. The van der Waals surface area contributed by atoms with Crippen molar-refractivity contribution in [2.24, 2.45) is 0 Å². The number of carbonyl (C=O) groups excluding carboxylic acids is 3. The topological polar surface area (TPSA) is 103 Å². The van der Waals surface area contributed by atoms with Crippen LogP contribution in [0.3, 0.4) is 0 Å². The van der Waals surface area contributed by atoms with Gasteiger partial charge in [0.2, 0.25) is 11.8 Å². The maximum Gasteiger partial charge on any atom is 0.255 e. The summed E-state index contributed by atoms with van der Waals surface area (Å²) in [6.07, 6.45) is 0.851. The van der Waals surface area contributed by atoms with Crippen molar-refractivity contribution in [1.82, 2.24) is 20.4 Å². The number of fused-ring (bicyclic) bond motifs is 4. The molecule has 5 aliphatic rings. The van der Waals surface area contributed by atoms with Crippen LogP contribution in [-0.2, 0) is 20.9 Å². The van der Waals surface area contributed by atoms with Gasteiger partial charge in [0.1, 0.15) is 18.4 Å². The summed E-state index contributed by atoms with van der Waals surface area (Å²) in [5.74, 6) is -0.0989. The molecule has 0 spiro atoms. The van der Waals surface area contributed by atoms with E-state index in [0.29, 0.717) is 25.1 Å². The molecule has 1 unspecified atom stereocenters. The van der Waals surface area contributed by atoms with E-state index in [-0.39, 0.29) is 48.7 Å². The highest BCUT2D eigenvalue weighted by molar-refractivity contribution is 6.05. The number of rotatable bonds is 3. The Hall–Kier alpha value is -2.40. The Labute approximate surface area is 204 Å². The molecule has 0 bridgehead atoms. The number of piperazine rings is 1. The third-order valence-electron chi connectivity index (χ3n) is 7.38. The molecule has 3 amide bonds. The van der Waals surface area contributed by atoms with Gasteiger partial charge in [0.15, 0.2) is 0 Å². The highest BCUT2D eigenvalue weighted by Crippen LogP contribution is 2.40. The molecule has 0 radical (unpaired) electrons. The number of morpholine rings is 1. The second-order valence-electron chi connectivity index (χ2n) is 9.49. The van der Waals surface area contributed by atoms with E-state index in [9.17, 15) is 14.4 Å². The molecule has 3 fully saturated rings. The molecular weight excluding hydrogens is 462 g/mol. The Kier molecular flexibility index (Phi) is 6.41. The zero-order chi connectivity index (χ0) is 22.5. The monoisotopic (exact) mass is 491 g/mol. The summed E-state index contributed by atoms with van der Waals surface area (Å²) in [6, 6.07) is 3.55. The SMILES string of the molecule is Cl.O=C1CCC(N2Cc3cc4c(cc3C2=O)OC[C@@H]2CN(C[C@@H]3CNCCO3)CCN42)C(=O)N1. The van der Waals surface area contributed by atoms with Gasteiger partial charge in [-0.05, 0) is 24.1 Å². The number of piperidine rings is 1. The average molecular weight is 492 g/mol. The third kappa shape index (κ3) is 4.13.